The molecule has 0 aromatic carbocycles. The van der Waals surface area contributed by atoms with Crippen LogP contribution in [0.3, 0.4) is 0 Å². The molecule has 0 aliphatic carbocycles. The van der Waals surface area contributed by atoms with Gasteiger partial charge in [0.2, 0.25) is 10.0 Å². The smallest absolute Gasteiger partial charge is 0.349 e. The van der Waals surface area contributed by atoms with Crippen LogP contribution in [0.25, 0.3) is 0 Å². The van der Waals surface area contributed by atoms with Gasteiger partial charge >= 0.3 is 16.3 Å². The number of carbonyl (C=O) groups is 1. The Morgan fingerprint density at radius 1 is 1.31 bits per heavy atom. The van der Waals surface area contributed by atoms with Gasteiger partial charge in [-0.2, -0.15) is 8.42 Å². The molecule has 0 bridgehead atoms. The molecule has 16 heavy (non-hydrogen) atoms. The van der Waals surface area contributed by atoms with E-state index in [1.54, 1.807) is 0 Å². The standard InChI is InChI=1S/C6H11NO7S2/c1-3-6(8)13-4-5-14-16(11,12)7-15(2,9)10/h3,7H,1,4-5H2,2H3. The van der Waals surface area contributed by atoms with E-state index in [4.69, 9.17) is 0 Å². The second-order valence-electron chi connectivity index (χ2n) is 2.50. The summed E-state index contributed by atoms with van der Waals surface area (Å²) >= 11 is 0. The Hall–Kier alpha value is -0.970. The Bertz CT molecular complexity index is 449. The SMILES string of the molecule is C=CC(=O)OCCOS(=O)(=O)NS(C)(=O)=O. The fraction of sp³-hybridized carbons (Fsp3) is 0.500. The lowest BCUT2D eigenvalue weighted by Gasteiger charge is -2.05. The summed E-state index contributed by atoms with van der Waals surface area (Å²) in [6, 6.07) is 0. The summed E-state index contributed by atoms with van der Waals surface area (Å²) in [5.74, 6) is -0.739. The van der Waals surface area contributed by atoms with E-state index in [1.807, 2.05) is 0 Å². The molecule has 0 fully saturated rings. The van der Waals surface area contributed by atoms with Crippen molar-refractivity contribution in [2.24, 2.45) is 0 Å². The molecule has 0 atom stereocenters. The molecule has 0 aliphatic heterocycles. The van der Waals surface area contributed by atoms with Crippen LogP contribution in [0.15, 0.2) is 12.7 Å². The van der Waals surface area contributed by atoms with Crippen molar-refractivity contribution >= 4 is 26.3 Å². The molecule has 0 saturated heterocycles. The normalized spacial score (nSPS) is 12.1. The first-order chi connectivity index (χ1) is 7.16. The number of sulfonamides is 1. The minimum atomic E-state index is -4.40. The summed E-state index contributed by atoms with van der Waals surface area (Å²) in [5.41, 5.74) is 0. The number of hydrogen-bond acceptors (Lipinski definition) is 7. The summed E-state index contributed by atoms with van der Waals surface area (Å²) in [4.78, 5) is 10.5. The molecule has 8 nitrogen and oxygen atoms in total. The minimum absolute atomic E-state index is 0.338. The fourth-order valence-electron chi connectivity index (χ4n) is 0.554. The quantitative estimate of drug-likeness (QED) is 0.342. The Morgan fingerprint density at radius 2 is 1.88 bits per heavy atom. The Kier molecular flexibility index (Phi) is 5.58. The van der Waals surface area contributed by atoms with Crippen LogP contribution in [0, 0.1) is 0 Å². The van der Waals surface area contributed by atoms with Gasteiger partial charge in [-0.25, -0.2) is 13.2 Å². The minimum Gasteiger partial charge on any atom is -0.460 e. The maximum absolute atomic E-state index is 10.9. The third-order valence-electron chi connectivity index (χ3n) is 0.986. The topological polar surface area (TPSA) is 116 Å². The lowest BCUT2D eigenvalue weighted by molar-refractivity contribution is -0.138. The first-order valence-electron chi connectivity index (χ1n) is 3.83. The van der Waals surface area contributed by atoms with Gasteiger partial charge in [-0.3, -0.25) is 4.18 Å². The fourth-order valence-corrected chi connectivity index (χ4v) is 2.52. The summed E-state index contributed by atoms with van der Waals surface area (Å²) < 4.78 is 52.7. The van der Waals surface area contributed by atoms with Crippen LogP contribution in [-0.4, -0.2) is 42.3 Å². The van der Waals surface area contributed by atoms with Crippen molar-refractivity contribution in [2.75, 3.05) is 19.5 Å². The first kappa shape index (κ1) is 15.0. The third-order valence-corrected chi connectivity index (χ3v) is 3.49. The highest BCUT2D eigenvalue weighted by atomic mass is 32.3. The van der Waals surface area contributed by atoms with Crippen LogP contribution in [0.4, 0.5) is 0 Å². The van der Waals surface area contributed by atoms with Crippen LogP contribution in [0.2, 0.25) is 0 Å². The average Bonchev–Trinajstić information content (AvgIpc) is 2.08. The van der Waals surface area contributed by atoms with E-state index in [-0.39, 0.29) is 6.61 Å². The van der Waals surface area contributed by atoms with E-state index in [1.165, 1.54) is 4.13 Å². The largest absolute Gasteiger partial charge is 0.460 e. The summed E-state index contributed by atoms with van der Waals surface area (Å²) in [5, 5.41) is 0. The Balaban J connectivity index is 4.02. The predicted octanol–water partition coefficient (Wildman–Crippen LogP) is -1.47. The van der Waals surface area contributed by atoms with Crippen molar-refractivity contribution < 1.29 is 30.6 Å². The Labute approximate surface area is 93.5 Å². The van der Waals surface area contributed by atoms with Gasteiger partial charge in [0.15, 0.2) is 0 Å². The van der Waals surface area contributed by atoms with Crippen LogP contribution < -0.4 is 4.13 Å². The number of hydrogen-bond donors (Lipinski definition) is 1. The highest BCUT2D eigenvalue weighted by Crippen LogP contribution is 1.91. The molecule has 0 aliphatic rings. The summed E-state index contributed by atoms with van der Waals surface area (Å²) in [6.07, 6.45) is 1.55. The van der Waals surface area contributed by atoms with Gasteiger partial charge in [-0.15, -0.1) is 0 Å². The molecular formula is C6H11NO7S2. The van der Waals surface area contributed by atoms with Crippen LogP contribution in [-0.2, 0) is 34.0 Å². The molecule has 0 unspecified atom stereocenters. The summed E-state index contributed by atoms with van der Waals surface area (Å²) in [6.45, 7) is 2.28. The predicted molar refractivity (Wildman–Crippen MR) is 54.0 cm³/mol. The van der Waals surface area contributed by atoms with Crippen molar-refractivity contribution in [3.05, 3.63) is 12.7 Å². The zero-order valence-corrected chi connectivity index (χ0v) is 10.0. The average molecular weight is 273 g/mol. The summed E-state index contributed by atoms with van der Waals surface area (Å²) in [7, 11) is -8.33. The molecule has 0 aromatic rings. The van der Waals surface area contributed by atoms with E-state index in [2.05, 4.69) is 15.5 Å². The zero-order chi connectivity index (χ0) is 12.8. The van der Waals surface area contributed by atoms with E-state index < -0.39 is 32.9 Å². The number of ether oxygens (including phenoxy) is 1. The molecule has 0 saturated carbocycles. The van der Waals surface area contributed by atoms with Crippen molar-refractivity contribution in [1.29, 1.82) is 0 Å². The maximum atomic E-state index is 10.9. The molecule has 0 amide bonds. The van der Waals surface area contributed by atoms with E-state index in [9.17, 15) is 21.6 Å². The molecule has 10 heteroatoms. The highest BCUT2D eigenvalue weighted by Gasteiger charge is 2.16. The van der Waals surface area contributed by atoms with E-state index >= 15 is 0 Å². The number of rotatable bonds is 7. The molecule has 0 heterocycles. The van der Waals surface area contributed by atoms with Crippen LogP contribution in [0.5, 0.6) is 0 Å². The number of nitrogens with one attached hydrogen (secondary N) is 1. The lowest BCUT2D eigenvalue weighted by Crippen LogP contribution is -2.32. The lowest BCUT2D eigenvalue weighted by atomic mass is 10.6. The van der Waals surface area contributed by atoms with E-state index in [0.29, 0.717) is 6.26 Å². The molecule has 0 spiro atoms. The van der Waals surface area contributed by atoms with Gasteiger partial charge in [0.05, 0.1) is 6.26 Å². The van der Waals surface area contributed by atoms with Gasteiger partial charge < -0.3 is 4.74 Å². The van der Waals surface area contributed by atoms with Gasteiger partial charge in [0.1, 0.15) is 13.2 Å². The molecule has 94 valence electrons. The Morgan fingerprint density at radius 3 is 2.31 bits per heavy atom. The van der Waals surface area contributed by atoms with Crippen molar-refractivity contribution in [3.63, 3.8) is 0 Å². The van der Waals surface area contributed by atoms with Gasteiger partial charge in [0.25, 0.3) is 0 Å². The zero-order valence-electron chi connectivity index (χ0n) is 8.37. The van der Waals surface area contributed by atoms with Gasteiger partial charge in [0, 0.05) is 6.08 Å². The van der Waals surface area contributed by atoms with Crippen molar-refractivity contribution in [3.8, 4) is 0 Å². The van der Waals surface area contributed by atoms with Crippen LogP contribution >= 0.6 is 0 Å². The monoisotopic (exact) mass is 273 g/mol. The molecule has 0 aromatic heterocycles. The number of carbonyl (C=O) groups excluding carboxylic acids is 1. The highest BCUT2D eigenvalue weighted by molar-refractivity contribution is 8.02. The van der Waals surface area contributed by atoms with Crippen LogP contribution in [0.1, 0.15) is 0 Å². The maximum Gasteiger partial charge on any atom is 0.349 e. The van der Waals surface area contributed by atoms with E-state index in [0.717, 1.165) is 6.08 Å². The second-order valence-corrected chi connectivity index (χ2v) is 5.86. The molecular weight excluding hydrogens is 262 g/mol. The third kappa shape index (κ3) is 8.35. The van der Waals surface area contributed by atoms with Gasteiger partial charge in [-0.1, -0.05) is 10.7 Å². The van der Waals surface area contributed by atoms with Gasteiger partial charge in [-0.05, 0) is 0 Å². The molecule has 1 N–H and O–H groups in total. The van der Waals surface area contributed by atoms with Crippen molar-refractivity contribution in [1.82, 2.24) is 4.13 Å². The van der Waals surface area contributed by atoms with Crippen molar-refractivity contribution in [2.45, 2.75) is 0 Å². The number of esters is 1. The second kappa shape index (κ2) is 5.94. The molecule has 0 radical (unpaired) electrons. The molecule has 0 rings (SSSR count). The first-order valence-corrected chi connectivity index (χ1v) is 7.13.